The largest absolute Gasteiger partial charge is 0.365 e. The highest BCUT2D eigenvalue weighted by Crippen LogP contribution is 2.33. The van der Waals surface area contributed by atoms with E-state index >= 15 is 0 Å². The number of rotatable bonds is 7. The number of piperidine rings is 1. The molecule has 4 fully saturated rings. The lowest BCUT2D eigenvalue weighted by molar-refractivity contribution is -0.139. The Morgan fingerprint density at radius 3 is 2.46 bits per heavy atom. The van der Waals surface area contributed by atoms with Gasteiger partial charge in [0.15, 0.2) is 5.78 Å². The highest BCUT2D eigenvalue weighted by atomic mass is 19.1. The van der Waals surface area contributed by atoms with Crippen molar-refractivity contribution < 1.29 is 23.5 Å². The van der Waals surface area contributed by atoms with E-state index in [-0.39, 0.29) is 36.7 Å². The van der Waals surface area contributed by atoms with Gasteiger partial charge in [0.2, 0.25) is 5.91 Å². The number of halogens is 1. The lowest BCUT2D eigenvalue weighted by Crippen LogP contribution is -2.55. The van der Waals surface area contributed by atoms with Crippen LogP contribution >= 0.6 is 0 Å². The first-order chi connectivity index (χ1) is 18.0. The zero-order valence-electron chi connectivity index (χ0n) is 21.9. The van der Waals surface area contributed by atoms with Gasteiger partial charge in [-0.05, 0) is 81.3 Å². The summed E-state index contributed by atoms with van der Waals surface area (Å²) in [6.07, 6.45) is 5.92. The maximum absolute atomic E-state index is 14.6. The monoisotopic (exact) mass is 513 g/mol. The van der Waals surface area contributed by atoms with Gasteiger partial charge in [-0.2, -0.15) is 0 Å². The Morgan fingerprint density at radius 1 is 1.08 bits per heavy atom. The van der Waals surface area contributed by atoms with Crippen LogP contribution in [0.2, 0.25) is 0 Å². The lowest BCUT2D eigenvalue weighted by Gasteiger charge is -2.34. The number of fused-ring (bicyclic) bond motifs is 1. The number of likely N-dealkylation sites (tertiary alicyclic amines) is 2. The number of hydrogen-bond acceptors (Lipinski definition) is 5. The number of amides is 2. The minimum atomic E-state index is -1.38. The van der Waals surface area contributed by atoms with Gasteiger partial charge in [-0.25, -0.2) is 4.39 Å². The summed E-state index contributed by atoms with van der Waals surface area (Å²) in [5.74, 6) is -0.431. The van der Waals surface area contributed by atoms with E-state index in [4.69, 9.17) is 4.74 Å². The third-order valence-electron chi connectivity index (χ3n) is 8.85. The fourth-order valence-corrected chi connectivity index (χ4v) is 6.79. The molecule has 3 saturated heterocycles. The molecule has 0 aromatic heterocycles. The summed E-state index contributed by atoms with van der Waals surface area (Å²) in [5, 5.41) is 3.00. The molecule has 202 valence electrons. The molecule has 3 heterocycles. The van der Waals surface area contributed by atoms with Crippen LogP contribution < -0.4 is 5.32 Å². The fourth-order valence-electron chi connectivity index (χ4n) is 6.79. The van der Waals surface area contributed by atoms with Gasteiger partial charge >= 0.3 is 0 Å². The number of benzene rings is 1. The Balaban J connectivity index is 1.27. The average molecular weight is 514 g/mol. The van der Waals surface area contributed by atoms with Crippen molar-refractivity contribution in [1.82, 2.24) is 15.1 Å². The molecule has 0 unspecified atom stereocenters. The van der Waals surface area contributed by atoms with Gasteiger partial charge in [0.05, 0.1) is 6.54 Å². The number of nitrogens with one attached hydrogen (secondary N) is 1. The maximum Gasteiger partial charge on any atom is 0.251 e. The molecule has 4 atom stereocenters. The van der Waals surface area contributed by atoms with E-state index in [1.54, 1.807) is 0 Å². The predicted octanol–water partition coefficient (Wildman–Crippen LogP) is 3.47. The van der Waals surface area contributed by atoms with Gasteiger partial charge in [-0.15, -0.1) is 0 Å². The molecular weight excluding hydrogens is 473 g/mol. The van der Waals surface area contributed by atoms with Crippen LogP contribution in [0.25, 0.3) is 0 Å². The maximum atomic E-state index is 14.6. The number of hydrogen-bond donors (Lipinski definition) is 1. The van der Waals surface area contributed by atoms with Crippen molar-refractivity contribution in [2.75, 3.05) is 32.8 Å². The number of nitrogens with zero attached hydrogens (tertiary/aromatic N) is 2. The number of ether oxygens (including phenoxy) is 1. The molecule has 2 amide bonds. The highest BCUT2D eigenvalue weighted by Gasteiger charge is 2.54. The van der Waals surface area contributed by atoms with Crippen molar-refractivity contribution in [3.8, 4) is 0 Å². The number of alkyl halides is 1. The Kier molecular flexibility index (Phi) is 8.24. The number of carbonyl (C=O) groups excluding carboxylic acids is 3. The normalized spacial score (nSPS) is 28.3. The van der Waals surface area contributed by atoms with Crippen LogP contribution in [-0.2, 0) is 14.3 Å². The van der Waals surface area contributed by atoms with E-state index in [1.165, 1.54) is 16.9 Å². The minimum absolute atomic E-state index is 0.0210. The Bertz CT molecular complexity index is 972. The minimum Gasteiger partial charge on any atom is -0.365 e. The van der Waals surface area contributed by atoms with Crippen LogP contribution in [0, 0.1) is 5.92 Å². The van der Waals surface area contributed by atoms with Crippen LogP contribution in [0.3, 0.4) is 0 Å². The molecule has 3 aliphatic heterocycles. The molecule has 5 rings (SSSR count). The molecule has 1 N–H and O–H groups in total. The first-order valence-corrected chi connectivity index (χ1v) is 14.2. The molecule has 1 saturated carbocycles. The Hall–Kier alpha value is -2.32. The summed E-state index contributed by atoms with van der Waals surface area (Å²) < 4.78 is 19.9. The first kappa shape index (κ1) is 26.3. The van der Waals surface area contributed by atoms with Crippen LogP contribution in [0.4, 0.5) is 4.39 Å². The summed E-state index contributed by atoms with van der Waals surface area (Å²) >= 11 is 0. The molecule has 1 aliphatic carbocycles. The topological polar surface area (TPSA) is 79.0 Å². The number of Topliss-reactive ketones (excluding diaryl/α,β-unsaturated/α-hetero) is 1. The third-order valence-corrected chi connectivity index (χ3v) is 8.85. The van der Waals surface area contributed by atoms with E-state index in [9.17, 15) is 18.8 Å². The quantitative estimate of drug-likeness (QED) is 0.604. The summed E-state index contributed by atoms with van der Waals surface area (Å²) in [4.78, 5) is 43.3. The van der Waals surface area contributed by atoms with E-state index in [0.717, 1.165) is 64.6 Å². The SMILES string of the molecule is CCCN1CCC(c2ccc(C(=O)N[C@H](C(=O)N3C[C@H](F)[C@H]4OCC(=O)[C@H]43)C3CCCCC3)cc2)CC1. The summed E-state index contributed by atoms with van der Waals surface area (Å²) in [6.45, 7) is 5.26. The van der Waals surface area contributed by atoms with Gasteiger partial charge in [0.25, 0.3) is 5.91 Å². The summed E-state index contributed by atoms with van der Waals surface area (Å²) in [6, 6.07) is 6.13. The number of ketones is 1. The molecule has 4 aliphatic rings. The van der Waals surface area contributed by atoms with E-state index < -0.39 is 24.4 Å². The van der Waals surface area contributed by atoms with Gasteiger partial charge in [0.1, 0.15) is 31.0 Å². The van der Waals surface area contributed by atoms with E-state index in [1.807, 2.05) is 24.3 Å². The zero-order chi connectivity index (χ0) is 25.9. The molecule has 0 spiro atoms. The number of carbonyl (C=O) groups is 3. The summed E-state index contributed by atoms with van der Waals surface area (Å²) in [7, 11) is 0. The van der Waals surface area contributed by atoms with E-state index in [2.05, 4.69) is 17.1 Å². The molecule has 0 bridgehead atoms. The van der Waals surface area contributed by atoms with Crippen LogP contribution in [0.1, 0.15) is 80.1 Å². The smallest absolute Gasteiger partial charge is 0.251 e. The molecule has 1 aromatic rings. The van der Waals surface area contributed by atoms with Gasteiger partial charge in [-0.3, -0.25) is 14.4 Å². The molecule has 8 heteroatoms. The first-order valence-electron chi connectivity index (χ1n) is 14.2. The fraction of sp³-hybridized carbons (Fsp3) is 0.690. The Labute approximate surface area is 219 Å². The Morgan fingerprint density at radius 2 is 1.78 bits per heavy atom. The van der Waals surface area contributed by atoms with E-state index in [0.29, 0.717) is 11.5 Å². The van der Waals surface area contributed by atoms with Crippen molar-refractivity contribution in [1.29, 1.82) is 0 Å². The van der Waals surface area contributed by atoms with Crippen LogP contribution in [0.5, 0.6) is 0 Å². The van der Waals surface area contributed by atoms with Crippen molar-refractivity contribution in [3.63, 3.8) is 0 Å². The van der Waals surface area contributed by atoms with Crippen LogP contribution in [-0.4, -0.2) is 84.5 Å². The third kappa shape index (κ3) is 5.60. The molecule has 37 heavy (non-hydrogen) atoms. The van der Waals surface area contributed by atoms with Gasteiger partial charge < -0.3 is 19.9 Å². The second kappa shape index (κ2) is 11.6. The molecule has 7 nitrogen and oxygen atoms in total. The van der Waals surface area contributed by atoms with Gasteiger partial charge in [-0.1, -0.05) is 38.3 Å². The van der Waals surface area contributed by atoms with Crippen molar-refractivity contribution >= 4 is 17.6 Å². The highest BCUT2D eigenvalue weighted by molar-refractivity contribution is 5.99. The standard InChI is InChI=1S/C29H40FN3O4/c1-2-14-32-15-12-20(13-16-32)19-8-10-22(11-9-19)28(35)31-25(21-6-4-3-5-7-21)29(36)33-17-23(30)27-26(33)24(34)18-37-27/h8-11,20-21,23,25-27H,2-7,12-18H2,1H3,(H,31,35)/t23-,25-,26+,27+/m0/s1. The van der Waals surface area contributed by atoms with Crippen molar-refractivity contribution in [2.24, 2.45) is 5.92 Å². The molecular formula is C29H40FN3O4. The van der Waals surface area contributed by atoms with Crippen molar-refractivity contribution in [2.45, 2.75) is 88.6 Å². The van der Waals surface area contributed by atoms with Crippen LogP contribution in [0.15, 0.2) is 24.3 Å². The second-order valence-electron chi connectivity index (χ2n) is 11.3. The second-order valence-corrected chi connectivity index (χ2v) is 11.3. The van der Waals surface area contributed by atoms with Gasteiger partial charge in [0, 0.05) is 5.56 Å². The lowest BCUT2D eigenvalue weighted by atomic mass is 9.83. The van der Waals surface area contributed by atoms with Crippen molar-refractivity contribution in [3.05, 3.63) is 35.4 Å². The zero-order valence-corrected chi connectivity index (χ0v) is 21.9. The summed E-state index contributed by atoms with van der Waals surface area (Å²) in [5.41, 5.74) is 1.77. The average Bonchev–Trinajstić information content (AvgIpc) is 3.48. The predicted molar refractivity (Wildman–Crippen MR) is 138 cm³/mol. The molecule has 0 radical (unpaired) electrons. The molecule has 1 aromatic carbocycles.